The SMILES string of the molecule is c1nc(CCc2ncnc3cc4c(cc23)OCO4)c2cc3c(cc2n1)OCO3. The van der Waals surface area contributed by atoms with Crippen molar-refractivity contribution in [1.82, 2.24) is 19.9 Å². The first kappa shape index (κ1) is 15.4. The zero-order valence-corrected chi connectivity index (χ0v) is 14.7. The van der Waals surface area contributed by atoms with Crippen molar-refractivity contribution in [2.75, 3.05) is 13.6 Å². The summed E-state index contributed by atoms with van der Waals surface area (Å²) in [6.45, 7) is 0.467. The molecule has 2 aromatic carbocycles. The van der Waals surface area contributed by atoms with Gasteiger partial charge >= 0.3 is 0 Å². The summed E-state index contributed by atoms with van der Waals surface area (Å²) < 4.78 is 21.9. The van der Waals surface area contributed by atoms with Crippen molar-refractivity contribution < 1.29 is 18.9 Å². The van der Waals surface area contributed by atoms with Crippen LogP contribution in [0.1, 0.15) is 11.4 Å². The Balaban J connectivity index is 1.37. The van der Waals surface area contributed by atoms with Gasteiger partial charge in [-0.25, -0.2) is 19.9 Å². The van der Waals surface area contributed by atoms with Crippen molar-refractivity contribution in [3.63, 3.8) is 0 Å². The highest BCUT2D eigenvalue weighted by atomic mass is 16.7. The van der Waals surface area contributed by atoms with E-state index in [0.29, 0.717) is 12.8 Å². The van der Waals surface area contributed by atoms with E-state index in [1.807, 2.05) is 24.3 Å². The molecular weight excluding hydrogens is 360 g/mol. The zero-order valence-electron chi connectivity index (χ0n) is 14.7. The van der Waals surface area contributed by atoms with Crippen molar-refractivity contribution in [2.24, 2.45) is 0 Å². The molecule has 6 rings (SSSR count). The Morgan fingerprint density at radius 2 is 1.00 bits per heavy atom. The molecule has 0 aliphatic carbocycles. The van der Waals surface area contributed by atoms with Crippen LogP contribution in [0, 0.1) is 0 Å². The van der Waals surface area contributed by atoms with Crippen LogP contribution < -0.4 is 18.9 Å². The van der Waals surface area contributed by atoms with Crippen molar-refractivity contribution in [3.05, 3.63) is 48.3 Å². The predicted octanol–water partition coefficient (Wildman–Crippen LogP) is 2.82. The van der Waals surface area contributed by atoms with Crippen LogP contribution >= 0.6 is 0 Å². The lowest BCUT2D eigenvalue weighted by molar-refractivity contribution is 0.173. The molecule has 0 saturated carbocycles. The van der Waals surface area contributed by atoms with Crippen molar-refractivity contribution in [3.8, 4) is 23.0 Å². The molecule has 8 nitrogen and oxygen atoms in total. The van der Waals surface area contributed by atoms with Gasteiger partial charge in [-0.2, -0.15) is 0 Å². The smallest absolute Gasteiger partial charge is 0.231 e. The number of nitrogens with zero attached hydrogens (tertiary/aromatic N) is 4. The van der Waals surface area contributed by atoms with Gasteiger partial charge in [0.05, 0.1) is 22.4 Å². The van der Waals surface area contributed by atoms with Gasteiger partial charge < -0.3 is 18.9 Å². The minimum absolute atomic E-state index is 0.234. The fourth-order valence-corrected chi connectivity index (χ4v) is 3.63. The van der Waals surface area contributed by atoms with Crippen LogP contribution in [0.2, 0.25) is 0 Å². The minimum atomic E-state index is 0.234. The molecule has 0 radical (unpaired) electrons. The lowest BCUT2D eigenvalue weighted by Crippen LogP contribution is -2.00. The minimum Gasteiger partial charge on any atom is -0.454 e. The number of aromatic nitrogens is 4. The average molecular weight is 374 g/mol. The molecule has 138 valence electrons. The number of benzene rings is 2. The fraction of sp³-hybridized carbons (Fsp3) is 0.200. The highest BCUT2D eigenvalue weighted by Gasteiger charge is 2.18. The number of rotatable bonds is 3. The number of aryl methyl sites for hydroxylation is 2. The molecule has 0 saturated heterocycles. The van der Waals surface area contributed by atoms with E-state index in [0.717, 1.165) is 56.2 Å². The Bertz CT molecular complexity index is 1150. The largest absolute Gasteiger partial charge is 0.454 e. The first-order valence-electron chi connectivity index (χ1n) is 8.91. The second kappa shape index (κ2) is 5.91. The van der Waals surface area contributed by atoms with Gasteiger partial charge in [-0.05, 0) is 25.0 Å². The van der Waals surface area contributed by atoms with E-state index >= 15 is 0 Å². The highest BCUT2D eigenvalue weighted by molar-refractivity contribution is 5.86. The monoisotopic (exact) mass is 374 g/mol. The molecule has 0 fully saturated rings. The molecule has 0 bridgehead atoms. The Hall–Kier alpha value is -3.68. The zero-order chi connectivity index (χ0) is 18.5. The topological polar surface area (TPSA) is 88.5 Å². The van der Waals surface area contributed by atoms with Crippen LogP contribution in [0.5, 0.6) is 23.0 Å². The molecular formula is C20H14N4O4. The Morgan fingerprint density at radius 3 is 1.46 bits per heavy atom. The van der Waals surface area contributed by atoms with E-state index in [-0.39, 0.29) is 13.6 Å². The van der Waals surface area contributed by atoms with E-state index in [2.05, 4.69) is 19.9 Å². The molecule has 0 N–H and O–H groups in total. The second-order valence-electron chi connectivity index (χ2n) is 6.59. The summed E-state index contributed by atoms with van der Waals surface area (Å²) in [4.78, 5) is 17.7. The lowest BCUT2D eigenvalue weighted by atomic mass is 10.0. The number of hydrogen-bond donors (Lipinski definition) is 0. The van der Waals surface area contributed by atoms with Gasteiger partial charge in [0.15, 0.2) is 23.0 Å². The van der Waals surface area contributed by atoms with Crippen molar-refractivity contribution in [1.29, 1.82) is 0 Å². The molecule has 2 aliphatic heterocycles. The maximum absolute atomic E-state index is 5.50. The van der Waals surface area contributed by atoms with Crippen LogP contribution in [0.3, 0.4) is 0 Å². The molecule has 2 aliphatic rings. The molecule has 4 aromatic rings. The van der Waals surface area contributed by atoms with Crippen LogP contribution in [0.4, 0.5) is 0 Å². The first-order valence-corrected chi connectivity index (χ1v) is 8.91. The molecule has 0 spiro atoms. The van der Waals surface area contributed by atoms with Gasteiger partial charge in [-0.1, -0.05) is 0 Å². The van der Waals surface area contributed by atoms with Gasteiger partial charge in [-0.15, -0.1) is 0 Å². The third-order valence-corrected chi connectivity index (χ3v) is 5.02. The molecule has 4 heterocycles. The van der Waals surface area contributed by atoms with Gasteiger partial charge in [0.1, 0.15) is 12.7 Å². The Morgan fingerprint density at radius 1 is 0.571 bits per heavy atom. The Kier molecular flexibility index (Phi) is 3.25. The molecule has 2 aromatic heterocycles. The number of ether oxygens (including phenoxy) is 4. The van der Waals surface area contributed by atoms with E-state index < -0.39 is 0 Å². The lowest BCUT2D eigenvalue weighted by Gasteiger charge is -2.08. The highest BCUT2D eigenvalue weighted by Crippen LogP contribution is 2.37. The van der Waals surface area contributed by atoms with E-state index in [4.69, 9.17) is 18.9 Å². The molecule has 0 unspecified atom stereocenters. The van der Waals surface area contributed by atoms with Crippen LogP contribution in [-0.4, -0.2) is 33.5 Å². The molecule has 0 atom stereocenters. The summed E-state index contributed by atoms with van der Waals surface area (Å²) in [5.41, 5.74) is 3.56. The second-order valence-corrected chi connectivity index (χ2v) is 6.59. The maximum atomic E-state index is 5.50. The van der Waals surface area contributed by atoms with Crippen LogP contribution in [-0.2, 0) is 12.8 Å². The normalized spacial score (nSPS) is 14.1. The van der Waals surface area contributed by atoms with Crippen molar-refractivity contribution >= 4 is 21.8 Å². The van der Waals surface area contributed by atoms with Gasteiger partial charge in [-0.3, -0.25) is 0 Å². The maximum Gasteiger partial charge on any atom is 0.231 e. The number of fused-ring (bicyclic) bond motifs is 4. The first-order chi connectivity index (χ1) is 13.8. The van der Waals surface area contributed by atoms with Gasteiger partial charge in [0.25, 0.3) is 0 Å². The predicted molar refractivity (Wildman–Crippen MR) is 98.7 cm³/mol. The summed E-state index contributed by atoms with van der Waals surface area (Å²) in [5, 5.41) is 1.92. The third-order valence-electron chi connectivity index (χ3n) is 5.02. The quantitative estimate of drug-likeness (QED) is 0.541. The number of hydrogen-bond acceptors (Lipinski definition) is 8. The van der Waals surface area contributed by atoms with Crippen molar-refractivity contribution in [2.45, 2.75) is 12.8 Å². The summed E-state index contributed by atoms with van der Waals surface area (Å²) in [6, 6.07) is 7.68. The van der Waals surface area contributed by atoms with E-state index in [1.165, 1.54) is 0 Å². The summed E-state index contributed by atoms with van der Waals surface area (Å²) in [6.07, 6.45) is 4.57. The van der Waals surface area contributed by atoms with Crippen LogP contribution in [0.15, 0.2) is 36.9 Å². The van der Waals surface area contributed by atoms with Crippen LogP contribution in [0.25, 0.3) is 21.8 Å². The third kappa shape index (κ3) is 2.38. The molecule has 8 heteroatoms. The summed E-state index contributed by atoms with van der Waals surface area (Å²) in [7, 11) is 0. The summed E-state index contributed by atoms with van der Waals surface area (Å²) in [5.74, 6) is 2.89. The Labute approximate surface area is 159 Å². The summed E-state index contributed by atoms with van der Waals surface area (Å²) >= 11 is 0. The molecule has 28 heavy (non-hydrogen) atoms. The van der Waals surface area contributed by atoms with E-state index in [9.17, 15) is 0 Å². The molecule has 0 amide bonds. The van der Waals surface area contributed by atoms with E-state index in [1.54, 1.807) is 12.7 Å². The average Bonchev–Trinajstić information content (AvgIpc) is 3.37. The van der Waals surface area contributed by atoms with Gasteiger partial charge in [0, 0.05) is 22.9 Å². The fourth-order valence-electron chi connectivity index (χ4n) is 3.63. The van der Waals surface area contributed by atoms with Gasteiger partial charge in [0.2, 0.25) is 13.6 Å². The standard InChI is InChI=1S/C20H14N4O4/c1(13-11-3-17-19(27-9-25-17)5-15(11)23-7-21-13)2-14-12-4-18-20(28-10-26-18)6-16(12)24-8-22-14/h3-8H,1-2,9-10H2.